The highest BCUT2D eigenvalue weighted by atomic mass is 79.9. The van der Waals surface area contributed by atoms with Gasteiger partial charge in [0.1, 0.15) is 13.2 Å². The molecule has 1 unspecified atom stereocenters. The molecule has 1 aromatic carbocycles. The zero-order chi connectivity index (χ0) is 14.7. The molecule has 0 saturated carbocycles. The summed E-state index contributed by atoms with van der Waals surface area (Å²) in [6, 6.07) is 4.17. The third-order valence-corrected chi connectivity index (χ3v) is 4.94. The van der Waals surface area contributed by atoms with Crippen LogP contribution in [0.3, 0.4) is 0 Å². The van der Waals surface area contributed by atoms with Gasteiger partial charge in [-0.2, -0.15) is 0 Å². The second-order valence-electron chi connectivity index (χ2n) is 5.89. The van der Waals surface area contributed by atoms with Crippen LogP contribution in [0.4, 0.5) is 0 Å². The molecule has 22 heavy (non-hydrogen) atoms. The van der Waals surface area contributed by atoms with Gasteiger partial charge in [0.05, 0.1) is 0 Å². The van der Waals surface area contributed by atoms with Gasteiger partial charge in [0, 0.05) is 17.6 Å². The minimum atomic E-state index is 0. The predicted octanol–water partition coefficient (Wildman–Crippen LogP) is 3.07. The first-order valence-electron chi connectivity index (χ1n) is 7.71. The van der Waals surface area contributed by atoms with Gasteiger partial charge >= 0.3 is 0 Å². The van der Waals surface area contributed by atoms with Crippen LogP contribution in [0.2, 0.25) is 0 Å². The van der Waals surface area contributed by atoms with E-state index in [0.717, 1.165) is 35.0 Å². The average Bonchev–Trinajstić information content (AvgIpc) is 2.49. The maximum absolute atomic E-state index is 5.69. The first-order valence-corrected chi connectivity index (χ1v) is 8.50. The Hall–Kier alpha value is -0.490. The SMILES string of the molecule is CNCC1CCCN(Cc2cc3c(cc2Br)OCCO3)C1.Cl. The van der Waals surface area contributed by atoms with Crippen molar-refractivity contribution in [2.45, 2.75) is 19.4 Å². The lowest BCUT2D eigenvalue weighted by Crippen LogP contribution is -2.38. The summed E-state index contributed by atoms with van der Waals surface area (Å²) in [6.45, 7) is 5.71. The lowest BCUT2D eigenvalue weighted by Gasteiger charge is -2.33. The van der Waals surface area contributed by atoms with Crippen LogP contribution in [0, 0.1) is 5.92 Å². The van der Waals surface area contributed by atoms with E-state index in [2.05, 4.69) is 32.2 Å². The Morgan fingerprint density at radius 3 is 2.73 bits per heavy atom. The van der Waals surface area contributed by atoms with Gasteiger partial charge in [0.15, 0.2) is 11.5 Å². The molecule has 0 aliphatic carbocycles. The van der Waals surface area contributed by atoms with Crippen molar-refractivity contribution in [3.05, 3.63) is 22.2 Å². The van der Waals surface area contributed by atoms with Crippen molar-refractivity contribution >= 4 is 28.3 Å². The Balaban J connectivity index is 0.00000176. The van der Waals surface area contributed by atoms with E-state index in [1.165, 1.54) is 31.5 Å². The van der Waals surface area contributed by atoms with Gasteiger partial charge in [-0.1, -0.05) is 15.9 Å². The van der Waals surface area contributed by atoms with Crippen LogP contribution < -0.4 is 14.8 Å². The maximum Gasteiger partial charge on any atom is 0.162 e. The Kier molecular flexibility index (Phi) is 6.81. The molecule has 1 N–H and O–H groups in total. The number of nitrogens with one attached hydrogen (secondary N) is 1. The van der Waals surface area contributed by atoms with Crippen LogP contribution >= 0.6 is 28.3 Å². The van der Waals surface area contributed by atoms with E-state index in [-0.39, 0.29) is 12.4 Å². The fourth-order valence-corrected chi connectivity index (χ4v) is 3.67. The van der Waals surface area contributed by atoms with E-state index in [0.29, 0.717) is 13.2 Å². The lowest BCUT2D eigenvalue weighted by molar-refractivity contribution is 0.162. The van der Waals surface area contributed by atoms with Gasteiger partial charge in [-0.3, -0.25) is 4.90 Å². The van der Waals surface area contributed by atoms with Gasteiger partial charge in [-0.05, 0) is 56.6 Å². The Bertz CT molecular complexity index is 499. The number of likely N-dealkylation sites (tertiary alicyclic amines) is 1. The molecule has 4 nitrogen and oxygen atoms in total. The number of piperidine rings is 1. The highest BCUT2D eigenvalue weighted by Crippen LogP contribution is 2.36. The molecule has 3 rings (SSSR count). The number of ether oxygens (including phenoxy) is 2. The van der Waals surface area contributed by atoms with Crippen molar-refractivity contribution in [3.63, 3.8) is 0 Å². The van der Waals surface area contributed by atoms with Gasteiger partial charge in [0.25, 0.3) is 0 Å². The van der Waals surface area contributed by atoms with Crippen LogP contribution in [0.5, 0.6) is 11.5 Å². The van der Waals surface area contributed by atoms with E-state index < -0.39 is 0 Å². The Labute approximate surface area is 147 Å². The monoisotopic (exact) mass is 390 g/mol. The molecule has 1 atom stereocenters. The summed E-state index contributed by atoms with van der Waals surface area (Å²) in [7, 11) is 2.04. The molecule has 1 fully saturated rings. The van der Waals surface area contributed by atoms with E-state index in [4.69, 9.17) is 9.47 Å². The molecule has 0 bridgehead atoms. The van der Waals surface area contributed by atoms with E-state index >= 15 is 0 Å². The number of nitrogens with zero attached hydrogens (tertiary/aromatic N) is 1. The molecule has 0 radical (unpaired) electrons. The number of hydrogen-bond donors (Lipinski definition) is 1. The van der Waals surface area contributed by atoms with Crippen molar-refractivity contribution in [1.29, 1.82) is 0 Å². The summed E-state index contributed by atoms with van der Waals surface area (Å²) in [5.41, 5.74) is 1.28. The van der Waals surface area contributed by atoms with Gasteiger partial charge in [-0.15, -0.1) is 12.4 Å². The number of halogens is 2. The van der Waals surface area contributed by atoms with E-state index in [1.807, 2.05) is 13.1 Å². The molecule has 0 amide bonds. The van der Waals surface area contributed by atoms with Crippen molar-refractivity contribution in [2.75, 3.05) is 39.9 Å². The molecule has 2 aliphatic heterocycles. The molecule has 2 aliphatic rings. The van der Waals surface area contributed by atoms with Crippen LogP contribution in [-0.4, -0.2) is 44.8 Å². The summed E-state index contributed by atoms with van der Waals surface area (Å²) in [4.78, 5) is 2.54. The summed E-state index contributed by atoms with van der Waals surface area (Å²) in [6.07, 6.45) is 2.62. The predicted molar refractivity (Wildman–Crippen MR) is 94.3 cm³/mol. The van der Waals surface area contributed by atoms with Crippen LogP contribution in [0.25, 0.3) is 0 Å². The highest BCUT2D eigenvalue weighted by Gasteiger charge is 2.21. The summed E-state index contributed by atoms with van der Waals surface area (Å²) in [5, 5.41) is 3.30. The van der Waals surface area contributed by atoms with Gasteiger partial charge in [-0.25, -0.2) is 0 Å². The quantitative estimate of drug-likeness (QED) is 0.855. The number of fused-ring (bicyclic) bond motifs is 1. The zero-order valence-corrected chi connectivity index (χ0v) is 15.3. The van der Waals surface area contributed by atoms with Gasteiger partial charge < -0.3 is 14.8 Å². The highest BCUT2D eigenvalue weighted by molar-refractivity contribution is 9.10. The molecule has 0 spiro atoms. The Morgan fingerprint density at radius 1 is 1.27 bits per heavy atom. The minimum absolute atomic E-state index is 0. The van der Waals surface area contributed by atoms with Gasteiger partial charge in [0.2, 0.25) is 0 Å². The molecule has 124 valence electrons. The first-order chi connectivity index (χ1) is 10.3. The third-order valence-electron chi connectivity index (χ3n) is 4.20. The van der Waals surface area contributed by atoms with Crippen LogP contribution in [0.15, 0.2) is 16.6 Å². The standard InChI is InChI=1S/C16H23BrN2O2.ClH/c1-18-9-12-3-2-4-19(10-12)11-13-7-15-16(8-14(13)17)21-6-5-20-15;/h7-8,12,18H,2-6,9-11H2,1H3;1H. The van der Waals surface area contributed by atoms with E-state index in [1.54, 1.807) is 0 Å². The summed E-state index contributed by atoms with van der Waals surface area (Å²) >= 11 is 3.67. The number of rotatable bonds is 4. The fraction of sp³-hybridized carbons (Fsp3) is 0.625. The molecule has 1 saturated heterocycles. The number of hydrogen-bond acceptors (Lipinski definition) is 4. The van der Waals surface area contributed by atoms with Crippen LogP contribution in [-0.2, 0) is 6.54 Å². The fourth-order valence-electron chi connectivity index (χ4n) is 3.22. The maximum atomic E-state index is 5.69. The first kappa shape index (κ1) is 17.9. The average molecular weight is 392 g/mol. The van der Waals surface area contributed by atoms with Crippen molar-refractivity contribution in [3.8, 4) is 11.5 Å². The summed E-state index contributed by atoms with van der Waals surface area (Å²) < 4.78 is 12.4. The largest absolute Gasteiger partial charge is 0.486 e. The molecule has 2 heterocycles. The zero-order valence-electron chi connectivity index (χ0n) is 12.9. The molecular formula is C16H24BrClN2O2. The third kappa shape index (κ3) is 4.28. The number of benzene rings is 1. The molecule has 6 heteroatoms. The van der Waals surface area contributed by atoms with E-state index in [9.17, 15) is 0 Å². The Morgan fingerprint density at radius 2 is 2.00 bits per heavy atom. The topological polar surface area (TPSA) is 33.7 Å². The van der Waals surface area contributed by atoms with Crippen molar-refractivity contribution in [2.24, 2.45) is 5.92 Å². The molecule has 1 aromatic rings. The second-order valence-corrected chi connectivity index (χ2v) is 6.74. The second kappa shape index (κ2) is 8.39. The molecule has 0 aromatic heterocycles. The molecular weight excluding hydrogens is 368 g/mol. The van der Waals surface area contributed by atoms with Crippen molar-refractivity contribution < 1.29 is 9.47 Å². The van der Waals surface area contributed by atoms with Crippen molar-refractivity contribution in [1.82, 2.24) is 10.2 Å². The summed E-state index contributed by atoms with van der Waals surface area (Å²) in [5.74, 6) is 2.49. The minimum Gasteiger partial charge on any atom is -0.486 e. The van der Waals surface area contributed by atoms with Crippen LogP contribution in [0.1, 0.15) is 18.4 Å². The normalized spacial score (nSPS) is 21.3. The smallest absolute Gasteiger partial charge is 0.162 e. The lowest BCUT2D eigenvalue weighted by atomic mass is 9.97.